The van der Waals surface area contributed by atoms with E-state index in [4.69, 9.17) is 10.8 Å². The first kappa shape index (κ1) is 29.3. The van der Waals surface area contributed by atoms with Crippen LogP contribution in [-0.2, 0) is 11.0 Å². The molecule has 3 N–H and O–H groups in total. The van der Waals surface area contributed by atoms with Gasteiger partial charge in [-0.15, -0.1) is 0 Å². The summed E-state index contributed by atoms with van der Waals surface area (Å²) in [6, 6.07) is 16.7. The summed E-state index contributed by atoms with van der Waals surface area (Å²) in [5.41, 5.74) is 6.40. The molecule has 4 rings (SSSR count). The Labute approximate surface area is 223 Å². The quantitative estimate of drug-likeness (QED) is 0.245. The van der Waals surface area contributed by atoms with Crippen LogP contribution in [0.15, 0.2) is 72.9 Å². The fourth-order valence-electron chi connectivity index (χ4n) is 4.01. The van der Waals surface area contributed by atoms with Crippen molar-refractivity contribution in [1.82, 2.24) is 9.78 Å². The van der Waals surface area contributed by atoms with Gasteiger partial charge in [0.2, 0.25) is 5.91 Å². The predicted molar refractivity (Wildman–Crippen MR) is 141 cm³/mol. The molecule has 0 fully saturated rings. The molecule has 3 aromatic carbocycles. The van der Waals surface area contributed by atoms with Crippen molar-refractivity contribution in [3.8, 4) is 11.1 Å². The van der Waals surface area contributed by atoms with E-state index in [0.717, 1.165) is 34.2 Å². The number of hydrogen-bond acceptors (Lipinski definition) is 3. The van der Waals surface area contributed by atoms with Crippen LogP contribution in [0.1, 0.15) is 61.1 Å². The van der Waals surface area contributed by atoms with Gasteiger partial charge in [-0.2, -0.15) is 18.3 Å². The van der Waals surface area contributed by atoms with Gasteiger partial charge < -0.3 is 10.8 Å². The Balaban J connectivity index is 0.000000771. The van der Waals surface area contributed by atoms with Crippen LogP contribution in [0.3, 0.4) is 0 Å². The van der Waals surface area contributed by atoms with Crippen LogP contribution >= 0.6 is 0 Å². The van der Waals surface area contributed by atoms with Gasteiger partial charge in [0, 0.05) is 23.8 Å². The first-order valence-corrected chi connectivity index (χ1v) is 12.1. The summed E-state index contributed by atoms with van der Waals surface area (Å²) < 4.78 is 55.1. The third-order valence-corrected chi connectivity index (χ3v) is 6.00. The molecular formula is C29H29F4N3O3. The lowest BCUT2D eigenvalue weighted by molar-refractivity contribution is -0.138. The van der Waals surface area contributed by atoms with Crippen LogP contribution in [0.4, 0.5) is 17.6 Å². The number of nitrogens with zero attached hydrogens (tertiary/aromatic N) is 2. The number of benzene rings is 3. The number of aliphatic carboxylic acids is 1. The Morgan fingerprint density at radius 3 is 2.00 bits per heavy atom. The van der Waals surface area contributed by atoms with E-state index in [1.807, 2.05) is 12.1 Å². The Hall–Kier alpha value is -4.21. The molecule has 0 aliphatic carbocycles. The molecule has 0 bridgehead atoms. The number of amides is 1. The number of alkyl halides is 4. The molecule has 1 atom stereocenters. The average molecular weight is 544 g/mol. The molecule has 0 aliphatic heterocycles. The van der Waals surface area contributed by atoms with Crippen LogP contribution in [0.5, 0.6) is 0 Å². The number of carboxylic acids is 1. The number of fused-ring (bicyclic) bond motifs is 1. The van der Waals surface area contributed by atoms with E-state index in [9.17, 15) is 27.2 Å². The van der Waals surface area contributed by atoms with Crippen molar-refractivity contribution in [2.75, 3.05) is 0 Å². The Bertz CT molecular complexity index is 1440. The van der Waals surface area contributed by atoms with Gasteiger partial charge in [0.25, 0.3) is 0 Å². The number of rotatable bonds is 7. The summed E-state index contributed by atoms with van der Waals surface area (Å²) in [5.74, 6) is -1.29. The molecule has 39 heavy (non-hydrogen) atoms. The van der Waals surface area contributed by atoms with Crippen LogP contribution in [0, 0.1) is 0 Å². The summed E-state index contributed by atoms with van der Waals surface area (Å²) in [5, 5.41) is 13.0. The topological polar surface area (TPSA) is 98.2 Å². The molecule has 0 saturated heterocycles. The largest absolute Gasteiger partial charge is 0.481 e. The van der Waals surface area contributed by atoms with Crippen molar-refractivity contribution >= 4 is 22.8 Å². The summed E-state index contributed by atoms with van der Waals surface area (Å²) in [7, 11) is 0. The zero-order valence-electron chi connectivity index (χ0n) is 21.7. The molecule has 1 aromatic heterocycles. The third-order valence-electron chi connectivity index (χ3n) is 6.00. The van der Waals surface area contributed by atoms with Gasteiger partial charge >= 0.3 is 12.1 Å². The smallest absolute Gasteiger partial charge is 0.416 e. The Morgan fingerprint density at radius 2 is 1.51 bits per heavy atom. The molecule has 1 amide bonds. The van der Waals surface area contributed by atoms with Gasteiger partial charge in [0.05, 0.1) is 23.3 Å². The lowest BCUT2D eigenvalue weighted by Gasteiger charge is -2.25. The number of carbonyl (C=O) groups excluding carboxylic acids is 1. The summed E-state index contributed by atoms with van der Waals surface area (Å²) >= 11 is 0. The van der Waals surface area contributed by atoms with Crippen LogP contribution in [0.25, 0.3) is 22.0 Å². The zero-order chi connectivity index (χ0) is 29.0. The van der Waals surface area contributed by atoms with Gasteiger partial charge in [-0.05, 0) is 66.9 Å². The van der Waals surface area contributed by atoms with Crippen molar-refractivity contribution in [3.05, 3.63) is 89.6 Å². The minimum Gasteiger partial charge on any atom is -0.481 e. The summed E-state index contributed by atoms with van der Waals surface area (Å²) in [6.07, 6.45) is -2.38. The number of nitrogens with two attached hydrogens (primary N) is 1. The fourth-order valence-corrected chi connectivity index (χ4v) is 4.01. The number of primary amides is 1. The van der Waals surface area contributed by atoms with Gasteiger partial charge in [-0.3, -0.25) is 14.3 Å². The number of carboxylic acid groups (broad SMARTS) is 1. The van der Waals surface area contributed by atoms with Crippen molar-refractivity contribution in [3.63, 3.8) is 0 Å². The summed E-state index contributed by atoms with van der Waals surface area (Å²) in [6.45, 7) is 4.58. The van der Waals surface area contributed by atoms with Gasteiger partial charge in [0.1, 0.15) is 5.67 Å². The predicted octanol–water partition coefficient (Wildman–Crippen LogP) is 7.03. The van der Waals surface area contributed by atoms with E-state index in [0.29, 0.717) is 11.1 Å². The molecule has 4 aromatic rings. The highest BCUT2D eigenvalue weighted by Crippen LogP contribution is 2.35. The minimum absolute atomic E-state index is 0.139. The standard InChI is InChI=1S/C26H23F4N3O.C3H6O2/c1-25(2,27)14-23(17-3-5-18(6-4-17)24(31)34)33-22-12-9-19(13-20(22)15-32-33)16-7-10-21(11-8-16)26(28,29)30;1-2-3(4)5/h3-13,15,23H,14H2,1-2H3,(H2,31,34);2H2,1H3,(H,4,5). The second kappa shape index (κ2) is 11.7. The van der Waals surface area contributed by atoms with E-state index in [-0.39, 0.29) is 12.8 Å². The Morgan fingerprint density at radius 1 is 0.949 bits per heavy atom. The second-order valence-corrected chi connectivity index (χ2v) is 9.61. The van der Waals surface area contributed by atoms with Crippen molar-refractivity contribution in [2.24, 2.45) is 5.73 Å². The highest BCUT2D eigenvalue weighted by Gasteiger charge is 2.30. The van der Waals surface area contributed by atoms with Gasteiger partial charge in [-0.25, -0.2) is 4.39 Å². The maximum Gasteiger partial charge on any atom is 0.416 e. The maximum atomic E-state index is 14.7. The van der Waals surface area contributed by atoms with Crippen LogP contribution in [0.2, 0.25) is 0 Å². The minimum atomic E-state index is -4.39. The SMILES string of the molecule is CC(C)(F)CC(c1ccc(C(N)=O)cc1)n1ncc2cc(-c3ccc(C(F)(F)F)cc3)ccc21.CCC(=O)O. The summed E-state index contributed by atoms with van der Waals surface area (Å²) in [4.78, 5) is 20.8. The number of aromatic nitrogens is 2. The normalized spacial score (nSPS) is 12.5. The first-order valence-electron chi connectivity index (χ1n) is 12.1. The molecule has 1 heterocycles. The van der Waals surface area contributed by atoms with Crippen LogP contribution in [-0.4, -0.2) is 32.4 Å². The fraction of sp³-hybridized carbons (Fsp3) is 0.276. The monoisotopic (exact) mass is 543 g/mol. The van der Waals surface area contributed by atoms with E-state index < -0.39 is 35.3 Å². The maximum absolute atomic E-state index is 14.7. The molecule has 0 aliphatic rings. The van der Waals surface area contributed by atoms with E-state index in [1.54, 1.807) is 48.1 Å². The van der Waals surface area contributed by atoms with Crippen molar-refractivity contribution < 1.29 is 32.3 Å². The van der Waals surface area contributed by atoms with Crippen LogP contribution < -0.4 is 5.73 Å². The number of hydrogen-bond donors (Lipinski definition) is 2. The van der Waals surface area contributed by atoms with Crippen molar-refractivity contribution in [2.45, 2.75) is 51.5 Å². The second-order valence-electron chi connectivity index (χ2n) is 9.61. The number of carbonyl (C=O) groups is 2. The molecule has 206 valence electrons. The first-order chi connectivity index (χ1) is 18.2. The van der Waals surface area contributed by atoms with E-state index in [2.05, 4.69) is 5.10 Å². The zero-order valence-corrected chi connectivity index (χ0v) is 21.7. The van der Waals surface area contributed by atoms with E-state index >= 15 is 0 Å². The Kier molecular flexibility index (Phi) is 8.78. The molecule has 6 nitrogen and oxygen atoms in total. The molecule has 10 heteroatoms. The highest BCUT2D eigenvalue weighted by atomic mass is 19.4. The van der Waals surface area contributed by atoms with Gasteiger partial charge in [-0.1, -0.05) is 37.3 Å². The average Bonchev–Trinajstić information content (AvgIpc) is 3.30. The van der Waals surface area contributed by atoms with E-state index in [1.165, 1.54) is 26.0 Å². The lowest BCUT2D eigenvalue weighted by Crippen LogP contribution is -2.23. The molecule has 0 radical (unpaired) electrons. The molecule has 0 spiro atoms. The molecular weight excluding hydrogens is 514 g/mol. The van der Waals surface area contributed by atoms with Crippen molar-refractivity contribution in [1.29, 1.82) is 0 Å². The molecule has 1 unspecified atom stereocenters. The highest BCUT2D eigenvalue weighted by molar-refractivity contribution is 5.92. The van der Waals surface area contributed by atoms with Gasteiger partial charge in [0.15, 0.2) is 0 Å². The third kappa shape index (κ3) is 7.66. The number of halogens is 4. The molecule has 0 saturated carbocycles. The lowest BCUT2D eigenvalue weighted by atomic mass is 9.94.